The average Bonchev–Trinajstić information content (AvgIpc) is 2.96. The smallest absolute Gasteiger partial charge is 0.0994 e. The van der Waals surface area contributed by atoms with Crippen molar-refractivity contribution in [2.24, 2.45) is 5.73 Å². The molecule has 5 heteroatoms. The first kappa shape index (κ1) is 10.4. The molecule has 0 bridgehead atoms. The molecule has 0 saturated heterocycles. The summed E-state index contributed by atoms with van der Waals surface area (Å²) in [6.45, 7) is 1.96. The van der Waals surface area contributed by atoms with E-state index in [-0.39, 0.29) is 6.04 Å². The third-order valence-electron chi connectivity index (χ3n) is 2.73. The molecule has 2 aromatic heterocycles. The van der Waals surface area contributed by atoms with E-state index in [9.17, 15) is 0 Å². The lowest BCUT2D eigenvalue weighted by Crippen LogP contribution is -2.10. The molecule has 0 aliphatic heterocycles. The van der Waals surface area contributed by atoms with Gasteiger partial charge in [-0.2, -0.15) is 0 Å². The lowest BCUT2D eigenvalue weighted by molar-refractivity contribution is 0.753. The zero-order valence-electron chi connectivity index (χ0n) is 9.37. The van der Waals surface area contributed by atoms with E-state index in [1.54, 1.807) is 17.7 Å². The number of nitrogens with two attached hydrogens (primary N) is 1. The molecule has 4 nitrogen and oxygen atoms in total. The summed E-state index contributed by atoms with van der Waals surface area (Å²) in [6, 6.07) is 6.14. The van der Waals surface area contributed by atoms with Crippen molar-refractivity contribution in [3.05, 3.63) is 41.9 Å². The van der Waals surface area contributed by atoms with E-state index in [1.165, 1.54) is 4.70 Å². The topological polar surface area (TPSA) is 56.7 Å². The minimum Gasteiger partial charge on any atom is -0.323 e. The molecule has 3 aromatic rings. The van der Waals surface area contributed by atoms with E-state index in [0.717, 1.165) is 16.9 Å². The molecule has 17 heavy (non-hydrogen) atoms. The predicted molar refractivity (Wildman–Crippen MR) is 69.3 cm³/mol. The van der Waals surface area contributed by atoms with Gasteiger partial charge in [0.15, 0.2) is 0 Å². The van der Waals surface area contributed by atoms with Crippen LogP contribution in [0.5, 0.6) is 0 Å². The van der Waals surface area contributed by atoms with Crippen LogP contribution in [0.4, 0.5) is 0 Å². The molecule has 0 aliphatic carbocycles. The molecule has 86 valence electrons. The highest BCUT2D eigenvalue weighted by Crippen LogP contribution is 2.23. The fourth-order valence-corrected chi connectivity index (χ4v) is 2.56. The van der Waals surface area contributed by atoms with E-state index in [0.29, 0.717) is 0 Å². The molecular formula is C12H12N4S. The highest BCUT2D eigenvalue weighted by molar-refractivity contribution is 7.16. The number of hydrogen-bond donors (Lipinski definition) is 1. The normalized spacial score (nSPS) is 13.1. The number of thiazole rings is 1. The Morgan fingerprint density at radius 2 is 2.29 bits per heavy atom. The maximum Gasteiger partial charge on any atom is 0.0994 e. The van der Waals surface area contributed by atoms with Crippen LogP contribution in [0, 0.1) is 0 Å². The van der Waals surface area contributed by atoms with Crippen LogP contribution in [0.2, 0.25) is 0 Å². The first-order chi connectivity index (χ1) is 8.25. The fourth-order valence-electron chi connectivity index (χ4n) is 1.85. The second-order valence-electron chi connectivity index (χ2n) is 3.98. The summed E-state index contributed by atoms with van der Waals surface area (Å²) in [5, 5.41) is 0. The summed E-state index contributed by atoms with van der Waals surface area (Å²) in [7, 11) is 0. The van der Waals surface area contributed by atoms with Crippen molar-refractivity contribution in [3.8, 4) is 5.69 Å². The summed E-state index contributed by atoms with van der Waals surface area (Å²) in [4.78, 5) is 8.43. The Kier molecular flexibility index (Phi) is 2.42. The van der Waals surface area contributed by atoms with Gasteiger partial charge in [0.05, 0.1) is 33.9 Å². The maximum absolute atomic E-state index is 5.92. The van der Waals surface area contributed by atoms with Crippen molar-refractivity contribution in [2.45, 2.75) is 13.0 Å². The second kappa shape index (κ2) is 3.94. The highest BCUT2D eigenvalue weighted by atomic mass is 32.1. The second-order valence-corrected chi connectivity index (χ2v) is 4.87. The number of hydrogen-bond acceptors (Lipinski definition) is 4. The van der Waals surface area contributed by atoms with Crippen LogP contribution < -0.4 is 5.73 Å². The molecule has 0 aliphatic rings. The number of fused-ring (bicyclic) bond motifs is 1. The van der Waals surface area contributed by atoms with Gasteiger partial charge >= 0.3 is 0 Å². The first-order valence-corrected chi connectivity index (χ1v) is 6.25. The quantitative estimate of drug-likeness (QED) is 0.753. The van der Waals surface area contributed by atoms with Crippen molar-refractivity contribution >= 4 is 21.6 Å². The summed E-state index contributed by atoms with van der Waals surface area (Å²) in [5.41, 5.74) is 10.9. The third kappa shape index (κ3) is 1.73. The largest absolute Gasteiger partial charge is 0.323 e. The molecule has 2 heterocycles. The molecule has 3 rings (SSSR count). The molecular weight excluding hydrogens is 232 g/mol. The van der Waals surface area contributed by atoms with Crippen molar-refractivity contribution in [2.75, 3.05) is 0 Å². The molecule has 0 unspecified atom stereocenters. The minimum absolute atomic E-state index is 0.0327. The van der Waals surface area contributed by atoms with Gasteiger partial charge in [0.2, 0.25) is 0 Å². The van der Waals surface area contributed by atoms with Crippen molar-refractivity contribution < 1.29 is 0 Å². The van der Waals surface area contributed by atoms with Crippen LogP contribution in [0.3, 0.4) is 0 Å². The molecule has 0 saturated carbocycles. The van der Waals surface area contributed by atoms with Gasteiger partial charge < -0.3 is 10.3 Å². The van der Waals surface area contributed by atoms with Gasteiger partial charge in [-0.1, -0.05) is 0 Å². The van der Waals surface area contributed by atoms with Crippen LogP contribution in [0.1, 0.15) is 18.7 Å². The Balaban J connectivity index is 2.16. The van der Waals surface area contributed by atoms with E-state index in [1.807, 2.05) is 35.3 Å². The van der Waals surface area contributed by atoms with Gasteiger partial charge in [0, 0.05) is 11.7 Å². The summed E-state index contributed by atoms with van der Waals surface area (Å²) in [5.74, 6) is 0. The van der Waals surface area contributed by atoms with Crippen LogP contribution in [0.15, 0.2) is 36.2 Å². The molecule has 0 amide bonds. The standard InChI is InChI=1S/C12H12N4S/c1-8(13)11-5-14-6-16(11)9-2-3-10-12(4-9)17-7-15-10/h2-8H,13H2,1H3/t8-/m0/s1. The number of benzene rings is 1. The Hall–Kier alpha value is -1.72. The molecule has 1 aromatic carbocycles. The van der Waals surface area contributed by atoms with E-state index in [2.05, 4.69) is 16.0 Å². The Labute approximate surface area is 103 Å². The predicted octanol–water partition coefficient (Wildman–Crippen LogP) is 2.50. The fraction of sp³-hybridized carbons (Fsp3) is 0.167. The SMILES string of the molecule is C[C@H](N)c1cncn1-c1ccc2ncsc2c1. The summed E-state index contributed by atoms with van der Waals surface area (Å²) < 4.78 is 3.19. The van der Waals surface area contributed by atoms with Crippen molar-refractivity contribution in [3.63, 3.8) is 0 Å². The average molecular weight is 244 g/mol. The third-order valence-corrected chi connectivity index (χ3v) is 3.52. The van der Waals surface area contributed by atoms with Crippen LogP contribution in [0.25, 0.3) is 15.9 Å². The first-order valence-electron chi connectivity index (χ1n) is 5.37. The molecule has 1 atom stereocenters. The van der Waals surface area contributed by atoms with Crippen LogP contribution in [-0.4, -0.2) is 14.5 Å². The minimum atomic E-state index is -0.0327. The van der Waals surface area contributed by atoms with Gasteiger partial charge in [0.1, 0.15) is 0 Å². The summed E-state index contributed by atoms with van der Waals surface area (Å²) >= 11 is 1.64. The number of rotatable bonds is 2. The van der Waals surface area contributed by atoms with Crippen LogP contribution in [-0.2, 0) is 0 Å². The monoisotopic (exact) mass is 244 g/mol. The Morgan fingerprint density at radius 1 is 1.41 bits per heavy atom. The van der Waals surface area contributed by atoms with Crippen molar-refractivity contribution in [1.82, 2.24) is 14.5 Å². The Morgan fingerprint density at radius 3 is 3.12 bits per heavy atom. The number of nitrogens with zero attached hydrogens (tertiary/aromatic N) is 3. The van der Waals surface area contributed by atoms with Gasteiger partial charge in [-0.25, -0.2) is 9.97 Å². The molecule has 0 spiro atoms. The zero-order valence-corrected chi connectivity index (χ0v) is 10.2. The maximum atomic E-state index is 5.92. The molecule has 2 N–H and O–H groups in total. The van der Waals surface area contributed by atoms with E-state index >= 15 is 0 Å². The lowest BCUT2D eigenvalue weighted by atomic mass is 10.2. The zero-order chi connectivity index (χ0) is 11.8. The van der Waals surface area contributed by atoms with Crippen LogP contribution >= 0.6 is 11.3 Å². The van der Waals surface area contributed by atoms with Crippen molar-refractivity contribution in [1.29, 1.82) is 0 Å². The van der Waals surface area contributed by atoms with Gasteiger partial charge in [0.25, 0.3) is 0 Å². The highest BCUT2D eigenvalue weighted by Gasteiger charge is 2.09. The van der Waals surface area contributed by atoms with Gasteiger partial charge in [-0.15, -0.1) is 11.3 Å². The number of imidazole rings is 1. The molecule has 0 radical (unpaired) electrons. The van der Waals surface area contributed by atoms with Gasteiger partial charge in [-0.3, -0.25) is 0 Å². The lowest BCUT2D eigenvalue weighted by Gasteiger charge is -2.10. The number of aromatic nitrogens is 3. The molecule has 0 fully saturated rings. The van der Waals surface area contributed by atoms with Gasteiger partial charge in [-0.05, 0) is 25.1 Å². The Bertz CT molecular complexity index is 653. The summed E-state index contributed by atoms with van der Waals surface area (Å²) in [6.07, 6.45) is 3.60. The van der Waals surface area contributed by atoms with E-state index in [4.69, 9.17) is 5.73 Å². The van der Waals surface area contributed by atoms with E-state index < -0.39 is 0 Å².